The average molecular weight is 512 g/mol. The van der Waals surface area contributed by atoms with Gasteiger partial charge >= 0.3 is 0 Å². The van der Waals surface area contributed by atoms with E-state index in [1.165, 1.54) is 0 Å². The molecule has 2 aromatic carbocycles. The number of carbonyl (C=O) groups is 1. The van der Waals surface area contributed by atoms with Crippen LogP contribution in [0, 0.1) is 0 Å². The highest BCUT2D eigenvalue weighted by atomic mass is 32.1. The molecule has 0 radical (unpaired) electrons. The molecule has 3 heterocycles. The number of thiocarbonyl (C=S) groups is 1. The number of nitrogens with zero attached hydrogens (tertiary/aromatic N) is 3. The van der Waals surface area contributed by atoms with Gasteiger partial charge in [0.1, 0.15) is 11.8 Å². The lowest BCUT2D eigenvalue weighted by Gasteiger charge is -2.30. The summed E-state index contributed by atoms with van der Waals surface area (Å²) in [5.74, 6) is 0.431. The Balaban J connectivity index is 1.38. The molecule has 5 rings (SSSR count). The van der Waals surface area contributed by atoms with Crippen molar-refractivity contribution in [1.29, 1.82) is 0 Å². The molecule has 7 nitrogen and oxygen atoms in total. The molecule has 0 unspecified atom stereocenters. The highest BCUT2D eigenvalue weighted by Crippen LogP contribution is 2.42. The fourth-order valence-electron chi connectivity index (χ4n) is 4.63. The molecule has 37 heavy (non-hydrogen) atoms. The van der Waals surface area contributed by atoms with Crippen molar-refractivity contribution in [1.82, 2.24) is 14.9 Å². The van der Waals surface area contributed by atoms with Crippen molar-refractivity contribution in [2.24, 2.45) is 0 Å². The second-order valence-electron chi connectivity index (χ2n) is 9.13. The summed E-state index contributed by atoms with van der Waals surface area (Å²) >= 11 is 5.83. The SMILES string of the molecule is CC(C)n1cccc1[C@H]1[C@@H](c2ccccn2)NC(=S)N1c1ccc(NC(=O)COc2ccccc2)cc1. The molecule has 2 atom stereocenters. The van der Waals surface area contributed by atoms with Crippen LogP contribution >= 0.6 is 12.2 Å². The van der Waals surface area contributed by atoms with Gasteiger partial charge in [-0.15, -0.1) is 0 Å². The number of carbonyl (C=O) groups excluding carboxylic acids is 1. The van der Waals surface area contributed by atoms with Crippen LogP contribution in [0.3, 0.4) is 0 Å². The quantitative estimate of drug-likeness (QED) is 0.298. The zero-order valence-electron chi connectivity index (χ0n) is 20.7. The summed E-state index contributed by atoms with van der Waals surface area (Å²) in [7, 11) is 0. The Labute approximate surface area is 222 Å². The van der Waals surface area contributed by atoms with E-state index in [1.54, 1.807) is 6.20 Å². The van der Waals surface area contributed by atoms with Gasteiger partial charge in [0.05, 0.1) is 11.7 Å². The van der Waals surface area contributed by atoms with Gasteiger partial charge in [-0.05, 0) is 86.7 Å². The molecular weight excluding hydrogens is 482 g/mol. The average Bonchev–Trinajstić information content (AvgIpc) is 3.54. The third-order valence-electron chi connectivity index (χ3n) is 6.31. The first kappa shape index (κ1) is 24.5. The Morgan fingerprint density at radius 1 is 1.03 bits per heavy atom. The van der Waals surface area contributed by atoms with Gasteiger partial charge in [0.25, 0.3) is 5.91 Å². The Kier molecular flexibility index (Phi) is 7.18. The van der Waals surface area contributed by atoms with Crippen LogP contribution < -0.4 is 20.3 Å². The Bertz CT molecular complexity index is 1360. The lowest BCUT2D eigenvalue weighted by molar-refractivity contribution is -0.118. The molecule has 1 aliphatic heterocycles. The van der Waals surface area contributed by atoms with E-state index in [2.05, 4.69) is 57.3 Å². The lowest BCUT2D eigenvalue weighted by Crippen LogP contribution is -2.30. The molecule has 0 saturated carbocycles. The van der Waals surface area contributed by atoms with Crippen molar-refractivity contribution < 1.29 is 9.53 Å². The third-order valence-corrected chi connectivity index (χ3v) is 6.63. The van der Waals surface area contributed by atoms with Crippen LogP contribution in [-0.4, -0.2) is 27.2 Å². The van der Waals surface area contributed by atoms with E-state index in [9.17, 15) is 4.79 Å². The van der Waals surface area contributed by atoms with Crippen LogP contribution in [0.15, 0.2) is 97.3 Å². The lowest BCUT2D eigenvalue weighted by atomic mass is 10.0. The monoisotopic (exact) mass is 511 g/mol. The van der Waals surface area contributed by atoms with Crippen molar-refractivity contribution >= 4 is 34.6 Å². The van der Waals surface area contributed by atoms with Crippen molar-refractivity contribution in [3.63, 3.8) is 0 Å². The van der Waals surface area contributed by atoms with Crippen LogP contribution in [-0.2, 0) is 4.79 Å². The number of para-hydroxylation sites is 1. The zero-order valence-corrected chi connectivity index (χ0v) is 21.6. The Morgan fingerprint density at radius 2 is 1.78 bits per heavy atom. The van der Waals surface area contributed by atoms with E-state index < -0.39 is 0 Å². The highest BCUT2D eigenvalue weighted by molar-refractivity contribution is 7.80. The van der Waals surface area contributed by atoms with Gasteiger partial charge in [-0.25, -0.2) is 0 Å². The fraction of sp³-hybridized carbons (Fsp3) is 0.207. The molecule has 1 aliphatic rings. The minimum atomic E-state index is -0.224. The number of anilines is 2. The molecular formula is C29H29N5O2S. The molecule has 2 aromatic heterocycles. The van der Waals surface area contributed by atoms with Crippen LogP contribution in [0.25, 0.3) is 0 Å². The minimum Gasteiger partial charge on any atom is -0.484 e. The Hall–Kier alpha value is -4.17. The molecule has 0 aliphatic carbocycles. The topological polar surface area (TPSA) is 71.4 Å². The van der Waals surface area contributed by atoms with Crippen molar-refractivity contribution in [3.05, 3.63) is 109 Å². The molecule has 0 bridgehead atoms. The third kappa shape index (κ3) is 5.34. The number of amides is 1. The number of nitrogens with one attached hydrogen (secondary N) is 2. The van der Waals surface area contributed by atoms with Crippen LogP contribution in [0.2, 0.25) is 0 Å². The van der Waals surface area contributed by atoms with Gasteiger partial charge < -0.3 is 24.8 Å². The van der Waals surface area contributed by atoms with Gasteiger partial charge in [0.2, 0.25) is 0 Å². The number of hydrogen-bond donors (Lipinski definition) is 2. The summed E-state index contributed by atoms with van der Waals surface area (Å²) in [6.07, 6.45) is 3.91. The van der Waals surface area contributed by atoms with Crippen LogP contribution in [0.1, 0.15) is 43.4 Å². The van der Waals surface area contributed by atoms with Crippen molar-refractivity contribution in [3.8, 4) is 5.75 Å². The standard InChI is InChI=1S/C29H29N5O2S/c1-20(2)33-18-8-12-25(33)28-27(24-11-6-7-17-30-24)32-29(37)34(28)22-15-13-21(14-16-22)31-26(35)19-36-23-9-4-3-5-10-23/h3-18,20,27-28H,19H2,1-2H3,(H,31,35)(H,32,37)/t27-,28+/m1/s1. The Morgan fingerprint density at radius 3 is 2.49 bits per heavy atom. The zero-order chi connectivity index (χ0) is 25.8. The first-order chi connectivity index (χ1) is 18.0. The van der Waals surface area contributed by atoms with Crippen molar-refractivity contribution in [2.45, 2.75) is 32.0 Å². The summed E-state index contributed by atoms with van der Waals surface area (Å²) in [6, 6.07) is 27.2. The number of pyridine rings is 1. The maximum Gasteiger partial charge on any atom is 0.262 e. The maximum absolute atomic E-state index is 12.4. The summed E-state index contributed by atoms with van der Waals surface area (Å²) < 4.78 is 7.81. The van der Waals surface area contributed by atoms with E-state index >= 15 is 0 Å². The van der Waals surface area contributed by atoms with Crippen LogP contribution in [0.5, 0.6) is 5.75 Å². The molecule has 188 valence electrons. The minimum absolute atomic E-state index is 0.0636. The second-order valence-corrected chi connectivity index (χ2v) is 9.51. The number of rotatable bonds is 8. The van der Waals surface area contributed by atoms with Gasteiger partial charge in [0, 0.05) is 35.5 Å². The van der Waals surface area contributed by atoms with Gasteiger partial charge in [-0.2, -0.15) is 0 Å². The summed E-state index contributed by atoms with van der Waals surface area (Å²) in [6.45, 7) is 4.28. The van der Waals surface area contributed by atoms with E-state index in [0.29, 0.717) is 22.6 Å². The van der Waals surface area contributed by atoms with Crippen LogP contribution in [0.4, 0.5) is 11.4 Å². The number of benzene rings is 2. The van der Waals surface area contributed by atoms with Gasteiger partial charge in [-0.1, -0.05) is 24.3 Å². The number of hydrogen-bond acceptors (Lipinski definition) is 4. The van der Waals surface area contributed by atoms with E-state index in [1.807, 2.05) is 72.8 Å². The summed E-state index contributed by atoms with van der Waals surface area (Å²) in [4.78, 5) is 19.2. The molecule has 0 spiro atoms. The molecule has 1 saturated heterocycles. The molecule has 1 fully saturated rings. The van der Waals surface area contributed by atoms with Gasteiger partial charge in [-0.3, -0.25) is 9.78 Å². The predicted octanol–water partition coefficient (Wildman–Crippen LogP) is 5.66. The van der Waals surface area contributed by atoms with E-state index in [0.717, 1.165) is 17.1 Å². The first-order valence-electron chi connectivity index (χ1n) is 12.3. The molecule has 1 amide bonds. The van der Waals surface area contributed by atoms with E-state index in [4.69, 9.17) is 17.0 Å². The number of ether oxygens (including phenoxy) is 1. The second kappa shape index (κ2) is 10.8. The maximum atomic E-state index is 12.4. The molecule has 8 heteroatoms. The smallest absolute Gasteiger partial charge is 0.262 e. The summed E-state index contributed by atoms with van der Waals surface area (Å²) in [5, 5.41) is 7.02. The number of aromatic nitrogens is 2. The van der Waals surface area contributed by atoms with E-state index in [-0.39, 0.29) is 24.6 Å². The molecule has 2 N–H and O–H groups in total. The first-order valence-corrected chi connectivity index (χ1v) is 12.7. The van der Waals surface area contributed by atoms with Crippen molar-refractivity contribution in [2.75, 3.05) is 16.8 Å². The largest absolute Gasteiger partial charge is 0.484 e. The predicted molar refractivity (Wildman–Crippen MR) is 150 cm³/mol. The summed E-state index contributed by atoms with van der Waals surface area (Å²) in [5.41, 5.74) is 3.69. The normalized spacial score (nSPS) is 17.1. The highest BCUT2D eigenvalue weighted by Gasteiger charge is 2.42. The van der Waals surface area contributed by atoms with Gasteiger partial charge in [0.15, 0.2) is 11.7 Å². The molecule has 4 aromatic rings. The fourth-order valence-corrected chi connectivity index (χ4v) is 4.98.